The van der Waals surface area contributed by atoms with Gasteiger partial charge in [-0.1, -0.05) is 31.2 Å². The number of hydrogen-bond acceptors (Lipinski definition) is 3. The van der Waals surface area contributed by atoms with Gasteiger partial charge in [-0.25, -0.2) is 4.98 Å². The second kappa shape index (κ2) is 4.87. The summed E-state index contributed by atoms with van der Waals surface area (Å²) in [4.78, 5) is 18.2. The summed E-state index contributed by atoms with van der Waals surface area (Å²) in [5.41, 5.74) is 4.80. The third kappa shape index (κ3) is 1.88. The molecule has 20 heavy (non-hydrogen) atoms. The van der Waals surface area contributed by atoms with E-state index in [1.54, 1.807) is 11.3 Å². The lowest BCUT2D eigenvalue weighted by Crippen LogP contribution is -1.94. The molecule has 1 aromatic carbocycles. The second-order valence-electron chi connectivity index (χ2n) is 4.88. The Bertz CT molecular complexity index is 781. The Morgan fingerprint density at radius 1 is 1.25 bits per heavy atom. The average Bonchev–Trinajstić information content (AvgIpc) is 2.96. The Labute approximate surface area is 121 Å². The Morgan fingerprint density at radius 3 is 2.55 bits per heavy atom. The summed E-state index contributed by atoms with van der Waals surface area (Å²) < 4.78 is 1.95. The maximum atomic E-state index is 11.5. The zero-order valence-corrected chi connectivity index (χ0v) is 12.6. The number of thiazole rings is 1. The van der Waals surface area contributed by atoms with Gasteiger partial charge in [0.25, 0.3) is 0 Å². The zero-order chi connectivity index (χ0) is 14.3. The minimum Gasteiger partial charge on any atom is -0.296 e. The van der Waals surface area contributed by atoms with Crippen LogP contribution in [0, 0.1) is 13.8 Å². The smallest absolute Gasteiger partial charge is 0.195 e. The van der Waals surface area contributed by atoms with Gasteiger partial charge in [-0.05, 0) is 25.8 Å². The quantitative estimate of drug-likeness (QED) is 0.680. The first-order chi connectivity index (χ1) is 9.65. The van der Waals surface area contributed by atoms with Crippen molar-refractivity contribution in [3.05, 3.63) is 46.1 Å². The molecular weight excluding hydrogens is 268 g/mol. The number of rotatable bonds is 3. The van der Waals surface area contributed by atoms with Gasteiger partial charge in [0.2, 0.25) is 0 Å². The van der Waals surface area contributed by atoms with Crippen LogP contribution in [0.25, 0.3) is 16.2 Å². The molecule has 3 aromatic rings. The zero-order valence-electron chi connectivity index (χ0n) is 11.8. The number of carbonyl (C=O) groups excluding carboxylic acids is 1. The maximum Gasteiger partial charge on any atom is 0.195 e. The van der Waals surface area contributed by atoms with Crippen molar-refractivity contribution in [3.63, 3.8) is 0 Å². The summed E-state index contributed by atoms with van der Waals surface area (Å²) in [5, 5.41) is 0. The van der Waals surface area contributed by atoms with Crippen LogP contribution in [0.1, 0.15) is 33.5 Å². The largest absolute Gasteiger partial charge is 0.296 e. The van der Waals surface area contributed by atoms with E-state index < -0.39 is 0 Å². The molecule has 0 amide bonds. The van der Waals surface area contributed by atoms with Crippen molar-refractivity contribution in [3.8, 4) is 11.3 Å². The fraction of sp³-hybridized carbons (Fsp3) is 0.250. The van der Waals surface area contributed by atoms with E-state index in [2.05, 4.69) is 31.0 Å². The van der Waals surface area contributed by atoms with Gasteiger partial charge in [0.05, 0.1) is 0 Å². The number of carbonyl (C=O) groups is 1. The first kappa shape index (κ1) is 13.1. The van der Waals surface area contributed by atoms with E-state index in [0.29, 0.717) is 5.69 Å². The van der Waals surface area contributed by atoms with Crippen LogP contribution in [0.3, 0.4) is 0 Å². The Hall–Kier alpha value is -1.94. The number of nitrogens with zero attached hydrogens (tertiary/aromatic N) is 2. The van der Waals surface area contributed by atoms with Crippen LogP contribution in [0.5, 0.6) is 0 Å². The molecule has 102 valence electrons. The first-order valence-corrected chi connectivity index (χ1v) is 7.50. The number of aromatic nitrogens is 2. The molecule has 0 saturated carbocycles. The van der Waals surface area contributed by atoms with E-state index in [1.165, 1.54) is 10.4 Å². The molecule has 0 atom stereocenters. The van der Waals surface area contributed by atoms with Gasteiger partial charge in [0.1, 0.15) is 11.4 Å². The standard InChI is InChI=1S/C16H16N2OS/c1-4-12-5-7-13(8-6-12)15-14(9-19)18-10(2)11(3)20-16(18)17-15/h5-9H,4H2,1-3H3. The van der Waals surface area contributed by atoms with Crippen molar-refractivity contribution in [1.82, 2.24) is 9.38 Å². The highest BCUT2D eigenvalue weighted by Gasteiger charge is 2.17. The number of hydrogen-bond donors (Lipinski definition) is 0. The SMILES string of the molecule is CCc1ccc(-c2nc3sc(C)c(C)n3c2C=O)cc1. The molecule has 0 radical (unpaired) electrons. The minimum atomic E-state index is 0.645. The lowest BCUT2D eigenvalue weighted by atomic mass is 10.1. The Morgan fingerprint density at radius 2 is 1.95 bits per heavy atom. The van der Waals surface area contributed by atoms with Crippen molar-refractivity contribution in [2.45, 2.75) is 27.2 Å². The summed E-state index contributed by atoms with van der Waals surface area (Å²) >= 11 is 1.62. The van der Waals surface area contributed by atoms with Gasteiger partial charge in [-0.2, -0.15) is 0 Å². The van der Waals surface area contributed by atoms with E-state index >= 15 is 0 Å². The van der Waals surface area contributed by atoms with Crippen molar-refractivity contribution >= 4 is 22.6 Å². The van der Waals surface area contributed by atoms with E-state index in [9.17, 15) is 4.79 Å². The molecule has 4 heteroatoms. The summed E-state index contributed by atoms with van der Waals surface area (Å²) in [6.07, 6.45) is 1.92. The molecular formula is C16H16N2OS. The molecule has 0 aliphatic heterocycles. The fourth-order valence-corrected chi connectivity index (χ4v) is 3.37. The molecule has 0 saturated heterocycles. The third-order valence-corrected chi connectivity index (χ3v) is 4.78. The topological polar surface area (TPSA) is 34.4 Å². The summed E-state index contributed by atoms with van der Waals surface area (Å²) in [7, 11) is 0. The molecule has 2 heterocycles. The van der Waals surface area contributed by atoms with Gasteiger partial charge in [0, 0.05) is 16.1 Å². The molecule has 0 unspecified atom stereocenters. The van der Waals surface area contributed by atoms with Gasteiger partial charge in [0.15, 0.2) is 11.2 Å². The van der Waals surface area contributed by atoms with Crippen LogP contribution in [-0.2, 0) is 6.42 Å². The average molecular weight is 284 g/mol. The van der Waals surface area contributed by atoms with Crippen molar-refractivity contribution < 1.29 is 4.79 Å². The third-order valence-electron chi connectivity index (χ3n) is 3.72. The predicted octanol–water partition coefficient (Wildman–Crippen LogP) is 4.05. The van der Waals surface area contributed by atoms with Crippen molar-refractivity contribution in [1.29, 1.82) is 0 Å². The summed E-state index contributed by atoms with van der Waals surface area (Å²) in [6.45, 7) is 6.21. The monoisotopic (exact) mass is 284 g/mol. The normalized spacial score (nSPS) is 11.2. The number of fused-ring (bicyclic) bond motifs is 1. The van der Waals surface area contributed by atoms with Crippen LogP contribution in [0.2, 0.25) is 0 Å². The molecule has 0 fully saturated rings. The van der Waals surface area contributed by atoms with Gasteiger partial charge < -0.3 is 0 Å². The highest BCUT2D eigenvalue weighted by atomic mass is 32.1. The van der Waals surface area contributed by atoms with Crippen LogP contribution >= 0.6 is 11.3 Å². The van der Waals surface area contributed by atoms with Crippen LogP contribution in [0.15, 0.2) is 24.3 Å². The molecule has 0 spiro atoms. The lowest BCUT2D eigenvalue weighted by molar-refractivity contribution is 0.111. The van der Waals surface area contributed by atoms with E-state index in [-0.39, 0.29) is 0 Å². The predicted molar refractivity (Wildman–Crippen MR) is 82.7 cm³/mol. The highest BCUT2D eigenvalue weighted by molar-refractivity contribution is 7.17. The lowest BCUT2D eigenvalue weighted by Gasteiger charge is -2.01. The highest BCUT2D eigenvalue weighted by Crippen LogP contribution is 2.29. The number of imidazole rings is 1. The maximum absolute atomic E-state index is 11.5. The van der Waals surface area contributed by atoms with Crippen molar-refractivity contribution in [2.75, 3.05) is 0 Å². The second-order valence-corrected chi connectivity index (χ2v) is 6.06. The number of aryl methyl sites for hydroxylation is 3. The molecule has 3 nitrogen and oxygen atoms in total. The molecule has 0 aliphatic rings. The van der Waals surface area contributed by atoms with E-state index in [4.69, 9.17) is 0 Å². The Kier molecular flexibility index (Phi) is 3.18. The van der Waals surface area contributed by atoms with Crippen LogP contribution < -0.4 is 0 Å². The number of aldehydes is 1. The van der Waals surface area contributed by atoms with Gasteiger partial charge in [-0.3, -0.25) is 9.20 Å². The molecule has 0 N–H and O–H groups in total. The summed E-state index contributed by atoms with van der Waals surface area (Å²) in [6, 6.07) is 8.27. The van der Waals surface area contributed by atoms with Crippen molar-refractivity contribution in [2.24, 2.45) is 0 Å². The Balaban J connectivity index is 2.22. The van der Waals surface area contributed by atoms with Gasteiger partial charge in [-0.15, -0.1) is 11.3 Å². The van der Waals surface area contributed by atoms with Gasteiger partial charge >= 0.3 is 0 Å². The minimum absolute atomic E-state index is 0.645. The number of benzene rings is 1. The molecule has 0 aliphatic carbocycles. The molecule has 0 bridgehead atoms. The first-order valence-electron chi connectivity index (χ1n) is 6.68. The van der Waals surface area contributed by atoms with Crippen LogP contribution in [-0.4, -0.2) is 15.7 Å². The summed E-state index contributed by atoms with van der Waals surface area (Å²) in [5.74, 6) is 0. The van der Waals surface area contributed by atoms with E-state index in [1.807, 2.05) is 23.5 Å². The molecule has 3 rings (SSSR count). The molecule has 2 aromatic heterocycles. The van der Waals surface area contributed by atoms with Crippen LogP contribution in [0.4, 0.5) is 0 Å². The fourth-order valence-electron chi connectivity index (χ4n) is 2.39. The van der Waals surface area contributed by atoms with E-state index in [0.717, 1.165) is 34.6 Å².